The van der Waals surface area contributed by atoms with Gasteiger partial charge in [-0.05, 0) is 33.4 Å². The third-order valence-corrected chi connectivity index (χ3v) is 4.94. The predicted octanol–water partition coefficient (Wildman–Crippen LogP) is 10.6. The standard InChI is InChI=1S/2C10H10.2C8H8/c2*1-3-9-7-5-6-8-10(9)4-2;2*1-2-8-6-4-3-5-7-8/h2*3-8H,1-2H2;2*2-7H,1H2. The zero-order chi connectivity index (χ0) is 26.4. The second-order valence-corrected chi connectivity index (χ2v) is 7.30. The Bertz CT molecular complexity index is 1060. The molecular formula is C36H36. The zero-order valence-electron chi connectivity index (χ0n) is 21.1. The van der Waals surface area contributed by atoms with Crippen molar-refractivity contribution in [1.29, 1.82) is 0 Å². The van der Waals surface area contributed by atoms with Gasteiger partial charge in [0, 0.05) is 0 Å². The number of hydrogen-bond acceptors (Lipinski definition) is 0. The highest BCUT2D eigenvalue weighted by Gasteiger charge is 1.90. The van der Waals surface area contributed by atoms with Crippen LogP contribution in [-0.4, -0.2) is 0 Å². The monoisotopic (exact) mass is 468 g/mol. The summed E-state index contributed by atoms with van der Waals surface area (Å²) < 4.78 is 0. The predicted molar refractivity (Wildman–Crippen MR) is 166 cm³/mol. The summed E-state index contributed by atoms with van der Waals surface area (Å²) >= 11 is 0. The van der Waals surface area contributed by atoms with Gasteiger partial charge in [0.1, 0.15) is 0 Å². The number of rotatable bonds is 6. The lowest BCUT2D eigenvalue weighted by molar-refractivity contribution is 1.62. The van der Waals surface area contributed by atoms with Crippen LogP contribution >= 0.6 is 0 Å². The molecular weight excluding hydrogens is 432 g/mol. The van der Waals surface area contributed by atoms with Crippen molar-refractivity contribution in [3.05, 3.63) is 182 Å². The van der Waals surface area contributed by atoms with Crippen molar-refractivity contribution in [2.24, 2.45) is 0 Å². The van der Waals surface area contributed by atoms with Gasteiger partial charge >= 0.3 is 0 Å². The number of hydrogen-bond donors (Lipinski definition) is 0. The Kier molecular flexibility index (Phi) is 15.3. The molecule has 0 aliphatic rings. The molecule has 36 heavy (non-hydrogen) atoms. The molecule has 0 aliphatic carbocycles. The van der Waals surface area contributed by atoms with E-state index in [9.17, 15) is 0 Å². The van der Waals surface area contributed by atoms with Crippen molar-refractivity contribution >= 4 is 36.5 Å². The minimum atomic E-state index is 1.14. The van der Waals surface area contributed by atoms with Crippen LogP contribution in [0.5, 0.6) is 0 Å². The fourth-order valence-corrected chi connectivity index (χ4v) is 2.94. The summed E-state index contributed by atoms with van der Waals surface area (Å²) in [7, 11) is 0. The van der Waals surface area contributed by atoms with E-state index in [-0.39, 0.29) is 0 Å². The van der Waals surface area contributed by atoms with E-state index in [1.54, 1.807) is 0 Å². The van der Waals surface area contributed by atoms with E-state index in [4.69, 9.17) is 0 Å². The molecule has 0 saturated carbocycles. The zero-order valence-corrected chi connectivity index (χ0v) is 21.1. The van der Waals surface area contributed by atoms with Crippen LogP contribution in [0, 0.1) is 0 Å². The van der Waals surface area contributed by atoms with Gasteiger partial charge in [-0.1, -0.05) is 185 Å². The van der Waals surface area contributed by atoms with E-state index in [1.807, 2.05) is 146 Å². The first-order chi connectivity index (χ1) is 17.6. The van der Waals surface area contributed by atoms with Gasteiger partial charge in [0.25, 0.3) is 0 Å². The van der Waals surface area contributed by atoms with Gasteiger partial charge in [0.05, 0.1) is 0 Å². The van der Waals surface area contributed by atoms with Crippen molar-refractivity contribution in [3.8, 4) is 0 Å². The fraction of sp³-hybridized carbons (Fsp3) is 0. The topological polar surface area (TPSA) is 0 Å². The van der Waals surface area contributed by atoms with E-state index in [1.165, 1.54) is 11.1 Å². The van der Waals surface area contributed by atoms with Crippen LogP contribution in [0.3, 0.4) is 0 Å². The van der Waals surface area contributed by atoms with E-state index in [0.717, 1.165) is 22.3 Å². The normalized spacial score (nSPS) is 8.67. The molecule has 0 radical (unpaired) electrons. The summed E-state index contributed by atoms with van der Waals surface area (Å²) in [5.74, 6) is 0. The molecule has 0 aliphatic heterocycles. The first kappa shape index (κ1) is 29.4. The van der Waals surface area contributed by atoms with Crippen LogP contribution in [0.4, 0.5) is 0 Å². The van der Waals surface area contributed by atoms with Crippen molar-refractivity contribution in [1.82, 2.24) is 0 Å². The molecule has 0 heteroatoms. The molecule has 0 saturated heterocycles. The Morgan fingerprint density at radius 2 is 0.500 bits per heavy atom. The Morgan fingerprint density at radius 1 is 0.278 bits per heavy atom. The molecule has 4 aromatic rings. The third kappa shape index (κ3) is 11.4. The lowest BCUT2D eigenvalue weighted by atomic mass is 10.1. The quantitative estimate of drug-likeness (QED) is 0.264. The summed E-state index contributed by atoms with van der Waals surface area (Å²) in [5.41, 5.74) is 6.89. The van der Waals surface area contributed by atoms with Gasteiger partial charge in [-0.3, -0.25) is 0 Å². The Morgan fingerprint density at radius 3 is 0.667 bits per heavy atom. The summed E-state index contributed by atoms with van der Waals surface area (Å²) in [6.45, 7) is 22.0. The van der Waals surface area contributed by atoms with E-state index in [2.05, 4.69) is 39.5 Å². The molecule has 0 spiro atoms. The SMILES string of the molecule is C=Cc1ccccc1.C=Cc1ccccc1.C=Cc1ccccc1C=C.C=Cc1ccccc1C=C. The highest BCUT2D eigenvalue weighted by molar-refractivity contribution is 5.63. The highest BCUT2D eigenvalue weighted by Crippen LogP contribution is 2.11. The Hall–Kier alpha value is -4.68. The van der Waals surface area contributed by atoms with Crippen LogP contribution in [-0.2, 0) is 0 Å². The summed E-state index contributed by atoms with van der Waals surface area (Å²) in [5, 5.41) is 0. The molecule has 4 rings (SSSR count). The lowest BCUT2D eigenvalue weighted by Gasteiger charge is -1.96. The van der Waals surface area contributed by atoms with Gasteiger partial charge in [0.2, 0.25) is 0 Å². The molecule has 0 bridgehead atoms. The second kappa shape index (κ2) is 18.7. The molecule has 0 fully saturated rings. The van der Waals surface area contributed by atoms with E-state index < -0.39 is 0 Å². The van der Waals surface area contributed by atoms with Crippen LogP contribution in [0.25, 0.3) is 36.5 Å². The van der Waals surface area contributed by atoms with Gasteiger partial charge in [0.15, 0.2) is 0 Å². The van der Waals surface area contributed by atoms with Crippen molar-refractivity contribution in [2.45, 2.75) is 0 Å². The molecule has 0 aromatic heterocycles. The molecule has 0 heterocycles. The minimum Gasteiger partial charge on any atom is -0.0985 e. The second-order valence-electron chi connectivity index (χ2n) is 7.30. The van der Waals surface area contributed by atoms with Crippen molar-refractivity contribution < 1.29 is 0 Å². The summed E-state index contributed by atoms with van der Waals surface area (Å²) in [6, 6.07) is 36.1. The summed E-state index contributed by atoms with van der Waals surface area (Å²) in [4.78, 5) is 0. The van der Waals surface area contributed by atoms with Crippen LogP contribution in [0.2, 0.25) is 0 Å². The largest absolute Gasteiger partial charge is 0.0985 e. The van der Waals surface area contributed by atoms with Gasteiger partial charge in [-0.25, -0.2) is 0 Å². The average molecular weight is 469 g/mol. The highest BCUT2D eigenvalue weighted by atomic mass is 13.9. The number of benzene rings is 4. The molecule has 4 aromatic carbocycles. The maximum atomic E-state index is 3.69. The molecule has 180 valence electrons. The van der Waals surface area contributed by atoms with E-state index in [0.29, 0.717) is 0 Å². The van der Waals surface area contributed by atoms with Crippen LogP contribution < -0.4 is 0 Å². The smallest absolute Gasteiger partial charge is 0.0190 e. The molecule has 0 atom stereocenters. The summed E-state index contributed by atoms with van der Waals surface area (Å²) in [6.07, 6.45) is 11.0. The molecule has 0 amide bonds. The minimum absolute atomic E-state index is 1.14. The van der Waals surface area contributed by atoms with Crippen molar-refractivity contribution in [3.63, 3.8) is 0 Å². The lowest BCUT2D eigenvalue weighted by Crippen LogP contribution is -1.76. The van der Waals surface area contributed by atoms with E-state index >= 15 is 0 Å². The Labute approximate surface area is 218 Å². The van der Waals surface area contributed by atoms with Gasteiger partial charge in [-0.15, -0.1) is 0 Å². The fourth-order valence-electron chi connectivity index (χ4n) is 2.94. The van der Waals surface area contributed by atoms with Crippen LogP contribution in [0.15, 0.2) is 149 Å². The molecule has 0 N–H and O–H groups in total. The van der Waals surface area contributed by atoms with Crippen molar-refractivity contribution in [2.75, 3.05) is 0 Å². The first-order valence-electron chi connectivity index (χ1n) is 11.7. The maximum absolute atomic E-state index is 3.69. The maximum Gasteiger partial charge on any atom is -0.0190 e. The third-order valence-electron chi connectivity index (χ3n) is 4.94. The molecule has 0 unspecified atom stereocenters. The Balaban J connectivity index is 0.000000241. The molecule has 0 nitrogen and oxygen atoms in total. The van der Waals surface area contributed by atoms with Crippen LogP contribution in [0.1, 0.15) is 33.4 Å². The van der Waals surface area contributed by atoms with Gasteiger partial charge < -0.3 is 0 Å². The first-order valence-corrected chi connectivity index (χ1v) is 11.7. The van der Waals surface area contributed by atoms with Gasteiger partial charge in [-0.2, -0.15) is 0 Å². The average Bonchev–Trinajstić information content (AvgIpc) is 2.98.